The van der Waals surface area contributed by atoms with Gasteiger partial charge in [-0.2, -0.15) is 0 Å². The molecule has 0 aliphatic heterocycles. The molecule has 1 saturated carbocycles. The molecule has 6 heteroatoms. The minimum atomic E-state index is -3.27. The van der Waals surface area contributed by atoms with Gasteiger partial charge in [0.05, 0.1) is 17.6 Å². The van der Waals surface area contributed by atoms with E-state index in [-0.39, 0.29) is 5.75 Å². The zero-order chi connectivity index (χ0) is 15.1. The molecule has 1 fully saturated rings. The molecular formula is C15H25N3O2S. The summed E-state index contributed by atoms with van der Waals surface area (Å²) in [7, 11) is -3.27. The van der Waals surface area contributed by atoms with Crippen molar-refractivity contribution in [2.45, 2.75) is 57.9 Å². The summed E-state index contributed by atoms with van der Waals surface area (Å²) < 4.78 is 26.1. The molecule has 1 aliphatic rings. The third-order valence-corrected chi connectivity index (χ3v) is 5.11. The van der Waals surface area contributed by atoms with E-state index >= 15 is 0 Å². The second-order valence-corrected chi connectivity index (χ2v) is 7.53. The van der Waals surface area contributed by atoms with E-state index in [9.17, 15) is 8.42 Å². The molecule has 0 saturated heterocycles. The van der Waals surface area contributed by atoms with Crippen molar-refractivity contribution in [1.82, 2.24) is 4.98 Å². The van der Waals surface area contributed by atoms with Gasteiger partial charge in [-0.25, -0.2) is 13.4 Å². The SMILES string of the molecule is CCCCS(=O)(=O)Nc1ccc(NC2CCCCC2)cn1. The van der Waals surface area contributed by atoms with E-state index in [0.717, 1.165) is 12.1 Å². The lowest BCUT2D eigenvalue weighted by atomic mass is 9.95. The summed E-state index contributed by atoms with van der Waals surface area (Å²) >= 11 is 0. The number of aromatic nitrogens is 1. The van der Waals surface area contributed by atoms with Crippen LogP contribution in [0.5, 0.6) is 0 Å². The normalized spacial score (nSPS) is 16.6. The van der Waals surface area contributed by atoms with Gasteiger partial charge < -0.3 is 5.32 Å². The van der Waals surface area contributed by atoms with Crippen LogP contribution in [-0.2, 0) is 10.0 Å². The second kappa shape index (κ2) is 7.64. The van der Waals surface area contributed by atoms with Crippen LogP contribution in [0.15, 0.2) is 18.3 Å². The van der Waals surface area contributed by atoms with Crippen LogP contribution < -0.4 is 10.0 Å². The number of hydrogen-bond donors (Lipinski definition) is 2. The summed E-state index contributed by atoms with van der Waals surface area (Å²) in [4.78, 5) is 4.18. The summed E-state index contributed by atoms with van der Waals surface area (Å²) in [6.45, 7) is 1.97. The van der Waals surface area contributed by atoms with Gasteiger partial charge in [0, 0.05) is 6.04 Å². The van der Waals surface area contributed by atoms with Gasteiger partial charge in [-0.05, 0) is 31.4 Å². The second-order valence-electron chi connectivity index (χ2n) is 5.69. The Balaban J connectivity index is 1.89. The predicted molar refractivity (Wildman–Crippen MR) is 87.1 cm³/mol. The van der Waals surface area contributed by atoms with Gasteiger partial charge in [0.1, 0.15) is 5.82 Å². The first-order valence-electron chi connectivity index (χ1n) is 7.82. The maximum Gasteiger partial charge on any atom is 0.233 e. The van der Waals surface area contributed by atoms with Crippen LogP contribution in [0.1, 0.15) is 51.9 Å². The van der Waals surface area contributed by atoms with Crippen molar-refractivity contribution in [2.75, 3.05) is 15.8 Å². The van der Waals surface area contributed by atoms with Crippen LogP contribution >= 0.6 is 0 Å². The Hall–Kier alpha value is -1.30. The summed E-state index contributed by atoms with van der Waals surface area (Å²) in [5.74, 6) is 0.535. The molecule has 1 aromatic heterocycles. The van der Waals surface area contributed by atoms with Gasteiger partial charge in [0.15, 0.2) is 0 Å². The first kappa shape index (κ1) is 16.1. The average Bonchev–Trinajstić information content (AvgIpc) is 2.48. The lowest BCUT2D eigenvalue weighted by Gasteiger charge is -2.23. The third kappa shape index (κ3) is 5.53. The fourth-order valence-corrected chi connectivity index (χ4v) is 3.78. The Bertz CT molecular complexity index is 522. The van der Waals surface area contributed by atoms with Crippen molar-refractivity contribution in [2.24, 2.45) is 0 Å². The highest BCUT2D eigenvalue weighted by Crippen LogP contribution is 2.21. The Morgan fingerprint density at radius 3 is 2.62 bits per heavy atom. The minimum absolute atomic E-state index is 0.146. The number of nitrogens with zero attached hydrogens (tertiary/aromatic N) is 1. The molecule has 2 N–H and O–H groups in total. The topological polar surface area (TPSA) is 71.1 Å². The van der Waals surface area contributed by atoms with Crippen LogP contribution in [0.3, 0.4) is 0 Å². The first-order valence-corrected chi connectivity index (χ1v) is 9.47. The Kier molecular flexibility index (Phi) is 5.85. The van der Waals surface area contributed by atoms with E-state index in [0.29, 0.717) is 18.3 Å². The van der Waals surface area contributed by atoms with Crippen LogP contribution in [0.4, 0.5) is 11.5 Å². The predicted octanol–water partition coefficient (Wildman–Crippen LogP) is 3.37. The molecule has 0 bridgehead atoms. The van der Waals surface area contributed by atoms with Crippen molar-refractivity contribution in [3.8, 4) is 0 Å². The number of unbranched alkanes of at least 4 members (excludes halogenated alkanes) is 1. The van der Waals surface area contributed by atoms with Crippen LogP contribution in [0.25, 0.3) is 0 Å². The number of anilines is 2. The fourth-order valence-electron chi connectivity index (χ4n) is 2.57. The third-order valence-electron chi connectivity index (χ3n) is 3.77. The van der Waals surface area contributed by atoms with Crippen LogP contribution in [-0.4, -0.2) is 25.2 Å². The first-order chi connectivity index (χ1) is 10.1. The number of pyridine rings is 1. The van der Waals surface area contributed by atoms with Crippen molar-refractivity contribution < 1.29 is 8.42 Å². The zero-order valence-electron chi connectivity index (χ0n) is 12.6. The fraction of sp³-hybridized carbons (Fsp3) is 0.667. The Morgan fingerprint density at radius 2 is 2.00 bits per heavy atom. The maximum absolute atomic E-state index is 11.8. The van der Waals surface area contributed by atoms with Gasteiger partial charge in [-0.1, -0.05) is 32.6 Å². The lowest BCUT2D eigenvalue weighted by Crippen LogP contribution is -2.22. The molecule has 0 amide bonds. The summed E-state index contributed by atoms with van der Waals surface area (Å²) in [6, 6.07) is 4.13. The quantitative estimate of drug-likeness (QED) is 0.810. The number of nitrogens with one attached hydrogen (secondary N) is 2. The molecule has 118 valence electrons. The molecule has 1 aliphatic carbocycles. The van der Waals surface area contributed by atoms with Crippen molar-refractivity contribution in [1.29, 1.82) is 0 Å². The number of rotatable bonds is 7. The molecule has 1 heterocycles. The highest BCUT2D eigenvalue weighted by atomic mass is 32.2. The Morgan fingerprint density at radius 1 is 1.24 bits per heavy atom. The molecule has 21 heavy (non-hydrogen) atoms. The van der Waals surface area contributed by atoms with Crippen molar-refractivity contribution >= 4 is 21.5 Å². The van der Waals surface area contributed by atoms with Gasteiger partial charge >= 0.3 is 0 Å². The maximum atomic E-state index is 11.8. The van der Waals surface area contributed by atoms with Gasteiger partial charge in [-0.15, -0.1) is 0 Å². The number of hydrogen-bond acceptors (Lipinski definition) is 4. The van der Waals surface area contributed by atoms with Gasteiger partial charge in [-0.3, -0.25) is 4.72 Å². The molecule has 5 nitrogen and oxygen atoms in total. The van der Waals surface area contributed by atoms with Crippen LogP contribution in [0.2, 0.25) is 0 Å². The number of sulfonamides is 1. The molecule has 2 rings (SSSR count). The van der Waals surface area contributed by atoms with E-state index in [1.165, 1.54) is 32.1 Å². The Labute approximate surface area is 127 Å². The van der Waals surface area contributed by atoms with E-state index in [1.54, 1.807) is 12.3 Å². The van der Waals surface area contributed by atoms with Gasteiger partial charge in [0.2, 0.25) is 10.0 Å². The molecule has 0 unspecified atom stereocenters. The lowest BCUT2D eigenvalue weighted by molar-refractivity contribution is 0.462. The summed E-state index contributed by atoms with van der Waals surface area (Å²) in [6.07, 6.45) is 9.51. The molecule has 0 spiro atoms. The monoisotopic (exact) mass is 311 g/mol. The minimum Gasteiger partial charge on any atom is -0.381 e. The van der Waals surface area contributed by atoms with Crippen molar-refractivity contribution in [3.63, 3.8) is 0 Å². The standard InChI is InChI=1S/C15H25N3O2S/c1-2-3-11-21(19,20)18-15-10-9-14(12-16-15)17-13-7-5-4-6-8-13/h9-10,12-13,17H,2-8,11H2,1H3,(H,16,18). The largest absolute Gasteiger partial charge is 0.381 e. The average molecular weight is 311 g/mol. The van der Waals surface area contributed by atoms with E-state index in [2.05, 4.69) is 15.0 Å². The summed E-state index contributed by atoms with van der Waals surface area (Å²) in [5, 5.41) is 3.47. The molecule has 0 atom stereocenters. The van der Waals surface area contributed by atoms with E-state index in [4.69, 9.17) is 0 Å². The molecular weight excluding hydrogens is 286 g/mol. The van der Waals surface area contributed by atoms with E-state index in [1.807, 2.05) is 13.0 Å². The van der Waals surface area contributed by atoms with E-state index < -0.39 is 10.0 Å². The van der Waals surface area contributed by atoms with Crippen LogP contribution in [0, 0.1) is 0 Å². The molecule has 0 radical (unpaired) electrons. The highest BCUT2D eigenvalue weighted by molar-refractivity contribution is 7.92. The molecule has 1 aromatic rings. The highest BCUT2D eigenvalue weighted by Gasteiger charge is 2.13. The summed E-state index contributed by atoms with van der Waals surface area (Å²) in [5.41, 5.74) is 0.957. The smallest absolute Gasteiger partial charge is 0.233 e. The van der Waals surface area contributed by atoms with Gasteiger partial charge in [0.25, 0.3) is 0 Å². The zero-order valence-corrected chi connectivity index (χ0v) is 13.5. The molecule has 0 aromatic carbocycles. The van der Waals surface area contributed by atoms with Crippen molar-refractivity contribution in [3.05, 3.63) is 18.3 Å².